The van der Waals surface area contributed by atoms with Crippen molar-refractivity contribution < 1.29 is 18.0 Å². The number of nitrogens with two attached hydrogens (primary N) is 1. The van der Waals surface area contributed by atoms with Crippen molar-refractivity contribution in [3.8, 4) is 0 Å². The van der Waals surface area contributed by atoms with Gasteiger partial charge in [0.1, 0.15) is 6.04 Å². The van der Waals surface area contributed by atoms with Gasteiger partial charge in [0.25, 0.3) is 0 Å². The fourth-order valence-corrected chi connectivity index (χ4v) is 10.5. The summed E-state index contributed by atoms with van der Waals surface area (Å²) < 4.78 is 29.1. The molecule has 5 rings (SSSR count). The van der Waals surface area contributed by atoms with Crippen molar-refractivity contribution in [1.29, 1.82) is 0 Å². The summed E-state index contributed by atoms with van der Waals surface area (Å²) in [5, 5.41) is 3.18. The van der Waals surface area contributed by atoms with E-state index in [-0.39, 0.29) is 23.9 Å². The molecular formula is C27H32ClN3O4S3. The topological polar surface area (TPSA) is 110 Å². The Hall–Kier alpha value is -1.72. The standard InChI is InChI=1S/C27H32ClN3O4S3/c28-19-6-8-20(9-7-19)38(34,35)31-12-11-30-27(33)25(31)24(26(29)32)22-4-1-3-18-15-17(5-10-21(18)22)16-23-36-13-2-14-37-23/h5-10,15,22-25H,1-4,11-14,16H2,(H2,29,32)(H,30,33)/t22-,24?,25+/m0/s1. The van der Waals surface area contributed by atoms with Gasteiger partial charge in [0.15, 0.2) is 0 Å². The predicted octanol–water partition coefficient (Wildman–Crippen LogP) is 3.79. The molecule has 2 fully saturated rings. The van der Waals surface area contributed by atoms with Crippen LogP contribution in [-0.2, 0) is 32.5 Å². The molecule has 3 atom stereocenters. The van der Waals surface area contributed by atoms with E-state index < -0.39 is 33.8 Å². The van der Waals surface area contributed by atoms with Crippen LogP contribution in [0.4, 0.5) is 0 Å². The molecule has 1 unspecified atom stereocenters. The van der Waals surface area contributed by atoms with Crippen LogP contribution in [0.3, 0.4) is 0 Å². The van der Waals surface area contributed by atoms with E-state index in [1.165, 1.54) is 53.3 Å². The number of carbonyl (C=O) groups excluding carboxylic acids is 2. The lowest BCUT2D eigenvalue weighted by molar-refractivity contribution is -0.135. The Morgan fingerprint density at radius 3 is 2.58 bits per heavy atom. The third-order valence-corrected chi connectivity index (χ3v) is 12.7. The largest absolute Gasteiger partial charge is 0.369 e. The van der Waals surface area contributed by atoms with Gasteiger partial charge in [-0.3, -0.25) is 9.59 Å². The number of hydrogen-bond donors (Lipinski definition) is 2. The molecule has 3 aliphatic rings. The van der Waals surface area contributed by atoms with Crippen LogP contribution in [-0.4, -0.2) is 59.8 Å². The molecule has 0 saturated carbocycles. The Bertz CT molecular complexity index is 1300. The summed E-state index contributed by atoms with van der Waals surface area (Å²) in [5.74, 6) is -0.103. The van der Waals surface area contributed by atoms with Crippen LogP contribution in [0.25, 0.3) is 0 Å². The zero-order valence-corrected chi connectivity index (χ0v) is 24.2. The molecule has 0 spiro atoms. The summed E-state index contributed by atoms with van der Waals surface area (Å²) in [6.07, 6.45) is 4.64. The van der Waals surface area contributed by atoms with Gasteiger partial charge in [-0.05, 0) is 90.5 Å². The normalized spacial score (nSPS) is 23.9. The number of sulfonamides is 1. The third-order valence-electron chi connectivity index (χ3n) is 7.60. The van der Waals surface area contributed by atoms with E-state index in [0.29, 0.717) is 16.0 Å². The summed E-state index contributed by atoms with van der Waals surface area (Å²) in [5.41, 5.74) is 9.41. The van der Waals surface area contributed by atoms with E-state index in [1.807, 2.05) is 23.5 Å². The quantitative estimate of drug-likeness (QED) is 0.506. The average molecular weight is 594 g/mol. The van der Waals surface area contributed by atoms with Crippen molar-refractivity contribution in [3.05, 3.63) is 64.2 Å². The lowest BCUT2D eigenvalue weighted by Crippen LogP contribution is -2.62. The average Bonchev–Trinajstić information content (AvgIpc) is 2.90. The fourth-order valence-electron chi connectivity index (χ4n) is 5.84. The van der Waals surface area contributed by atoms with Gasteiger partial charge in [-0.2, -0.15) is 4.31 Å². The highest BCUT2D eigenvalue weighted by Crippen LogP contribution is 2.42. The van der Waals surface area contributed by atoms with Crippen LogP contribution in [0.15, 0.2) is 47.4 Å². The van der Waals surface area contributed by atoms with Gasteiger partial charge in [0.05, 0.1) is 15.4 Å². The fraction of sp³-hybridized carbons (Fsp3) is 0.481. The minimum absolute atomic E-state index is 0.0250. The number of hydrogen-bond acceptors (Lipinski definition) is 6. The van der Waals surface area contributed by atoms with Crippen LogP contribution in [0.1, 0.15) is 41.9 Å². The number of rotatable bonds is 7. The van der Waals surface area contributed by atoms with Gasteiger partial charge in [0, 0.05) is 18.1 Å². The van der Waals surface area contributed by atoms with Gasteiger partial charge in [-0.15, -0.1) is 23.5 Å². The molecule has 204 valence electrons. The second-order valence-electron chi connectivity index (χ2n) is 9.99. The monoisotopic (exact) mass is 593 g/mol. The van der Waals surface area contributed by atoms with E-state index in [2.05, 4.69) is 23.5 Å². The maximum Gasteiger partial charge on any atom is 0.243 e. The van der Waals surface area contributed by atoms with Crippen molar-refractivity contribution in [2.75, 3.05) is 24.6 Å². The third kappa shape index (κ3) is 5.75. The van der Waals surface area contributed by atoms with Crippen LogP contribution in [0, 0.1) is 5.92 Å². The Kier molecular flexibility index (Phi) is 8.64. The van der Waals surface area contributed by atoms with Gasteiger partial charge in [-0.1, -0.05) is 29.8 Å². The number of carbonyl (C=O) groups is 2. The van der Waals surface area contributed by atoms with Crippen molar-refractivity contribution >= 4 is 57.0 Å². The molecular weight excluding hydrogens is 562 g/mol. The number of piperazine rings is 1. The first-order chi connectivity index (χ1) is 18.3. The molecule has 2 aromatic carbocycles. The van der Waals surface area contributed by atoms with E-state index in [0.717, 1.165) is 29.1 Å². The Labute approximate surface area is 237 Å². The Morgan fingerprint density at radius 2 is 1.87 bits per heavy atom. The maximum atomic E-state index is 13.7. The zero-order valence-electron chi connectivity index (χ0n) is 21.0. The molecule has 3 N–H and O–H groups in total. The molecule has 2 amide bonds. The van der Waals surface area contributed by atoms with Crippen molar-refractivity contribution in [2.24, 2.45) is 11.7 Å². The summed E-state index contributed by atoms with van der Waals surface area (Å²) >= 11 is 10.00. The van der Waals surface area contributed by atoms with E-state index in [9.17, 15) is 18.0 Å². The second kappa shape index (κ2) is 11.8. The molecule has 2 heterocycles. The first kappa shape index (κ1) is 27.8. The number of halogens is 1. The molecule has 0 bridgehead atoms. The van der Waals surface area contributed by atoms with Gasteiger partial charge >= 0.3 is 0 Å². The number of primary amides is 1. The highest BCUT2D eigenvalue weighted by atomic mass is 35.5. The first-order valence-corrected chi connectivity index (χ1v) is 16.9. The van der Waals surface area contributed by atoms with Crippen molar-refractivity contribution in [2.45, 2.75) is 53.5 Å². The van der Waals surface area contributed by atoms with Gasteiger partial charge in [0.2, 0.25) is 21.8 Å². The van der Waals surface area contributed by atoms with Crippen molar-refractivity contribution in [3.63, 3.8) is 0 Å². The molecule has 11 heteroatoms. The first-order valence-electron chi connectivity index (χ1n) is 12.9. The number of amides is 2. The molecule has 2 aliphatic heterocycles. The molecule has 0 aromatic heterocycles. The molecule has 2 aromatic rings. The van der Waals surface area contributed by atoms with E-state index in [1.54, 1.807) is 0 Å². The minimum Gasteiger partial charge on any atom is -0.369 e. The van der Waals surface area contributed by atoms with Crippen molar-refractivity contribution in [1.82, 2.24) is 9.62 Å². The van der Waals surface area contributed by atoms with Gasteiger partial charge in [-0.25, -0.2) is 8.42 Å². The number of thioether (sulfide) groups is 2. The Balaban J connectivity index is 1.48. The van der Waals surface area contributed by atoms with Crippen LogP contribution >= 0.6 is 35.1 Å². The SMILES string of the molecule is NC(=O)C([C@H]1CCCc2cc(CC3SCCCS3)ccc21)[C@@H]1C(=O)NCCN1S(=O)(=O)c1ccc(Cl)cc1. The molecule has 2 saturated heterocycles. The molecule has 7 nitrogen and oxygen atoms in total. The summed E-state index contributed by atoms with van der Waals surface area (Å²) in [6.45, 7) is 0.218. The van der Waals surface area contributed by atoms with Gasteiger partial charge < -0.3 is 11.1 Å². The number of nitrogens with one attached hydrogen (secondary N) is 1. The van der Waals surface area contributed by atoms with Crippen LogP contribution in [0.2, 0.25) is 5.02 Å². The number of benzene rings is 2. The highest BCUT2D eigenvalue weighted by molar-refractivity contribution is 8.17. The summed E-state index contributed by atoms with van der Waals surface area (Å²) in [4.78, 5) is 26.3. The smallest absolute Gasteiger partial charge is 0.243 e. The highest BCUT2D eigenvalue weighted by Gasteiger charge is 2.49. The second-order valence-corrected chi connectivity index (χ2v) is 15.2. The minimum atomic E-state index is -4.08. The molecule has 1 aliphatic carbocycles. The van der Waals surface area contributed by atoms with Crippen LogP contribution in [0.5, 0.6) is 0 Å². The summed E-state index contributed by atoms with van der Waals surface area (Å²) in [6, 6.07) is 11.0. The summed E-state index contributed by atoms with van der Waals surface area (Å²) in [7, 11) is -4.08. The van der Waals surface area contributed by atoms with Crippen LogP contribution < -0.4 is 11.1 Å². The zero-order chi connectivity index (χ0) is 26.9. The lowest BCUT2D eigenvalue weighted by atomic mass is 9.72. The Morgan fingerprint density at radius 1 is 1.13 bits per heavy atom. The lowest BCUT2D eigenvalue weighted by Gasteiger charge is -2.41. The predicted molar refractivity (Wildman–Crippen MR) is 154 cm³/mol. The maximum absolute atomic E-state index is 13.7. The number of nitrogens with zero attached hydrogens (tertiary/aromatic N) is 1. The van der Waals surface area contributed by atoms with E-state index in [4.69, 9.17) is 17.3 Å². The number of fused-ring (bicyclic) bond motifs is 1. The molecule has 0 radical (unpaired) electrons. The number of aryl methyl sites for hydroxylation is 1. The molecule has 38 heavy (non-hydrogen) atoms. The van der Waals surface area contributed by atoms with E-state index >= 15 is 0 Å².